The van der Waals surface area contributed by atoms with Gasteiger partial charge in [0, 0.05) is 21.8 Å². The van der Waals surface area contributed by atoms with E-state index < -0.39 is 0 Å². The summed E-state index contributed by atoms with van der Waals surface area (Å²) >= 11 is 13.7. The van der Waals surface area contributed by atoms with E-state index in [4.69, 9.17) is 28.2 Å². The quantitative estimate of drug-likeness (QED) is 0.359. The van der Waals surface area contributed by atoms with Crippen molar-refractivity contribution in [2.24, 2.45) is 0 Å². The highest BCUT2D eigenvalue weighted by Gasteiger charge is 2.23. The van der Waals surface area contributed by atoms with E-state index in [1.807, 2.05) is 24.3 Å². The molecular weight excluding hydrogens is 425 g/mol. The molecule has 4 nitrogen and oxygen atoms in total. The molecule has 2 aromatic heterocycles. The van der Waals surface area contributed by atoms with Crippen molar-refractivity contribution in [2.75, 3.05) is 4.90 Å². The first-order valence-electron chi connectivity index (χ1n) is 9.11. The standard InChI is InChI=1S/C22H17Cl2N3OS/c1-2-14-6-7-19-20(9-14)29-22(26-19)27(13-18-5-3-4-8-25-18)21(28)15-10-16(23)12-17(24)11-15/h3-12H,2,13H2,1H3. The Balaban J connectivity index is 1.78. The van der Waals surface area contributed by atoms with E-state index in [-0.39, 0.29) is 5.91 Å². The number of hydrogen-bond donors (Lipinski definition) is 0. The third kappa shape index (κ3) is 4.42. The largest absolute Gasteiger partial charge is 0.278 e. The average Bonchev–Trinajstić information content (AvgIpc) is 3.14. The van der Waals surface area contributed by atoms with Gasteiger partial charge in [-0.25, -0.2) is 4.98 Å². The van der Waals surface area contributed by atoms with Crippen molar-refractivity contribution in [2.45, 2.75) is 19.9 Å². The number of carbonyl (C=O) groups is 1. The van der Waals surface area contributed by atoms with Gasteiger partial charge in [0.2, 0.25) is 0 Å². The molecule has 0 saturated heterocycles. The highest BCUT2D eigenvalue weighted by atomic mass is 35.5. The van der Waals surface area contributed by atoms with E-state index in [0.29, 0.717) is 27.3 Å². The van der Waals surface area contributed by atoms with Gasteiger partial charge in [-0.1, -0.05) is 53.6 Å². The molecule has 2 heterocycles. The van der Waals surface area contributed by atoms with E-state index in [1.54, 1.807) is 29.3 Å². The number of fused-ring (bicyclic) bond motifs is 1. The summed E-state index contributed by atoms with van der Waals surface area (Å²) in [6.07, 6.45) is 2.65. The second-order valence-corrected chi connectivity index (χ2v) is 8.40. The summed E-state index contributed by atoms with van der Waals surface area (Å²) in [5.41, 5.74) is 3.27. The van der Waals surface area contributed by atoms with Crippen molar-refractivity contribution in [1.82, 2.24) is 9.97 Å². The summed E-state index contributed by atoms with van der Waals surface area (Å²) < 4.78 is 1.04. The molecule has 0 N–H and O–H groups in total. The van der Waals surface area contributed by atoms with Gasteiger partial charge in [0.25, 0.3) is 5.91 Å². The number of hydrogen-bond acceptors (Lipinski definition) is 4. The number of thiazole rings is 1. The number of anilines is 1. The van der Waals surface area contributed by atoms with Crippen molar-refractivity contribution in [3.05, 3.63) is 87.7 Å². The average molecular weight is 442 g/mol. The SMILES string of the molecule is CCc1ccc2nc(N(Cc3ccccn3)C(=O)c3cc(Cl)cc(Cl)c3)sc2c1. The Labute approximate surface area is 182 Å². The van der Waals surface area contributed by atoms with Crippen LogP contribution in [-0.2, 0) is 13.0 Å². The van der Waals surface area contributed by atoms with Gasteiger partial charge in [-0.05, 0) is 54.4 Å². The van der Waals surface area contributed by atoms with Crippen LogP contribution in [0.4, 0.5) is 5.13 Å². The summed E-state index contributed by atoms with van der Waals surface area (Å²) in [7, 11) is 0. The molecule has 1 amide bonds. The fourth-order valence-electron chi connectivity index (χ4n) is 3.01. The lowest BCUT2D eigenvalue weighted by Gasteiger charge is -2.20. The van der Waals surface area contributed by atoms with Crippen LogP contribution in [0.15, 0.2) is 60.8 Å². The van der Waals surface area contributed by atoms with Gasteiger partial charge in [-0.3, -0.25) is 14.7 Å². The van der Waals surface area contributed by atoms with Crippen LogP contribution in [0.2, 0.25) is 10.0 Å². The highest BCUT2D eigenvalue weighted by Crippen LogP contribution is 2.32. The molecule has 0 aliphatic carbocycles. The zero-order chi connectivity index (χ0) is 20.4. The van der Waals surface area contributed by atoms with Crippen LogP contribution in [0, 0.1) is 0 Å². The Morgan fingerprint density at radius 1 is 1.07 bits per heavy atom. The number of pyridine rings is 1. The number of aryl methyl sites for hydroxylation is 1. The predicted molar refractivity (Wildman–Crippen MR) is 120 cm³/mol. The minimum absolute atomic E-state index is 0.227. The van der Waals surface area contributed by atoms with Gasteiger partial charge >= 0.3 is 0 Å². The molecule has 0 spiro atoms. The molecule has 0 saturated carbocycles. The van der Waals surface area contributed by atoms with Crippen LogP contribution in [0.5, 0.6) is 0 Å². The van der Waals surface area contributed by atoms with Gasteiger partial charge in [-0.2, -0.15) is 0 Å². The first-order valence-corrected chi connectivity index (χ1v) is 10.7. The molecule has 0 aliphatic heterocycles. The molecule has 7 heteroatoms. The monoisotopic (exact) mass is 441 g/mol. The second-order valence-electron chi connectivity index (χ2n) is 6.52. The minimum Gasteiger partial charge on any atom is -0.278 e. The van der Waals surface area contributed by atoms with Crippen LogP contribution in [-0.4, -0.2) is 15.9 Å². The number of aromatic nitrogens is 2. The smallest absolute Gasteiger partial charge is 0.260 e. The fraction of sp³-hybridized carbons (Fsp3) is 0.136. The lowest BCUT2D eigenvalue weighted by Crippen LogP contribution is -2.30. The van der Waals surface area contributed by atoms with E-state index in [2.05, 4.69) is 24.0 Å². The maximum atomic E-state index is 13.4. The number of nitrogens with zero attached hydrogens (tertiary/aromatic N) is 3. The molecule has 4 rings (SSSR count). The second kappa shape index (κ2) is 8.49. The summed E-state index contributed by atoms with van der Waals surface area (Å²) in [4.78, 5) is 24.1. The lowest BCUT2D eigenvalue weighted by atomic mass is 10.2. The van der Waals surface area contributed by atoms with Gasteiger partial charge in [0.15, 0.2) is 5.13 Å². The molecule has 0 radical (unpaired) electrons. The Hall–Kier alpha value is -2.47. The van der Waals surface area contributed by atoms with Crippen LogP contribution in [0.3, 0.4) is 0 Å². The van der Waals surface area contributed by atoms with E-state index in [9.17, 15) is 4.79 Å². The van der Waals surface area contributed by atoms with E-state index in [0.717, 1.165) is 22.3 Å². The predicted octanol–water partition coefficient (Wildman–Crippen LogP) is 6.41. The van der Waals surface area contributed by atoms with Crippen molar-refractivity contribution in [3.8, 4) is 0 Å². The zero-order valence-electron chi connectivity index (χ0n) is 15.6. The molecule has 0 unspecified atom stereocenters. The summed E-state index contributed by atoms with van der Waals surface area (Å²) in [6.45, 7) is 2.41. The minimum atomic E-state index is -0.227. The van der Waals surface area contributed by atoms with Gasteiger partial charge in [0.1, 0.15) is 0 Å². The highest BCUT2D eigenvalue weighted by molar-refractivity contribution is 7.22. The third-order valence-electron chi connectivity index (χ3n) is 4.48. The Kier molecular flexibility index (Phi) is 5.81. The Bertz CT molecular complexity index is 1160. The zero-order valence-corrected chi connectivity index (χ0v) is 17.9. The van der Waals surface area contributed by atoms with Crippen molar-refractivity contribution >= 4 is 55.8 Å². The molecule has 0 aliphatic rings. The lowest BCUT2D eigenvalue weighted by molar-refractivity contribution is 0.0985. The maximum Gasteiger partial charge on any atom is 0.260 e. The van der Waals surface area contributed by atoms with Gasteiger partial charge < -0.3 is 0 Å². The van der Waals surface area contributed by atoms with Crippen molar-refractivity contribution < 1.29 is 4.79 Å². The van der Waals surface area contributed by atoms with E-state index in [1.165, 1.54) is 16.9 Å². The van der Waals surface area contributed by atoms with Crippen molar-refractivity contribution in [3.63, 3.8) is 0 Å². The molecule has 4 aromatic rings. The van der Waals surface area contributed by atoms with Gasteiger partial charge in [-0.15, -0.1) is 0 Å². The first kappa shape index (κ1) is 19.8. The number of benzene rings is 2. The van der Waals surface area contributed by atoms with Gasteiger partial charge in [0.05, 0.1) is 22.5 Å². The molecule has 0 fully saturated rings. The van der Waals surface area contributed by atoms with Crippen LogP contribution in [0.1, 0.15) is 28.5 Å². The number of rotatable bonds is 5. The molecule has 146 valence electrons. The Morgan fingerprint density at radius 2 is 1.86 bits per heavy atom. The van der Waals surface area contributed by atoms with Crippen LogP contribution in [0.25, 0.3) is 10.2 Å². The number of halogens is 2. The van der Waals surface area contributed by atoms with Crippen molar-refractivity contribution in [1.29, 1.82) is 0 Å². The summed E-state index contributed by atoms with van der Waals surface area (Å²) in [6, 6.07) is 16.6. The number of amides is 1. The molecule has 0 atom stereocenters. The Morgan fingerprint density at radius 3 is 2.55 bits per heavy atom. The summed E-state index contributed by atoms with van der Waals surface area (Å²) in [5, 5.41) is 1.44. The van der Waals surface area contributed by atoms with E-state index >= 15 is 0 Å². The molecule has 29 heavy (non-hydrogen) atoms. The third-order valence-corrected chi connectivity index (χ3v) is 5.96. The number of carbonyl (C=O) groups excluding carboxylic acids is 1. The molecule has 2 aromatic carbocycles. The fourth-order valence-corrected chi connectivity index (χ4v) is 4.56. The topological polar surface area (TPSA) is 46.1 Å². The summed E-state index contributed by atoms with van der Waals surface area (Å²) in [5.74, 6) is -0.227. The molecular formula is C22H17Cl2N3OS. The maximum absolute atomic E-state index is 13.4. The first-order chi connectivity index (χ1) is 14.0. The molecule has 0 bridgehead atoms. The van der Waals surface area contributed by atoms with Crippen LogP contribution >= 0.6 is 34.5 Å². The van der Waals surface area contributed by atoms with Crippen LogP contribution < -0.4 is 4.90 Å². The normalized spacial score (nSPS) is 11.0.